The van der Waals surface area contributed by atoms with E-state index in [1.165, 1.54) is 17.0 Å². The van der Waals surface area contributed by atoms with Gasteiger partial charge in [0, 0.05) is 22.2 Å². The first-order valence-corrected chi connectivity index (χ1v) is 6.60. The number of nitrogens with zero attached hydrogens (tertiary/aromatic N) is 1. The first-order chi connectivity index (χ1) is 7.60. The van der Waals surface area contributed by atoms with Gasteiger partial charge in [0.05, 0.1) is 0 Å². The number of hydrogen-bond donors (Lipinski definition) is 0. The van der Waals surface area contributed by atoms with Crippen LogP contribution in [0.1, 0.15) is 72.3 Å². The van der Waals surface area contributed by atoms with Crippen molar-refractivity contribution in [2.24, 2.45) is 0 Å². The zero-order chi connectivity index (χ0) is 13.9. The van der Waals surface area contributed by atoms with E-state index in [0.29, 0.717) is 0 Å². The lowest BCUT2D eigenvalue weighted by molar-refractivity contribution is 0.530. The Bertz CT molecular complexity index is 319. The quantitative estimate of drug-likeness (QED) is 0.616. The molecule has 0 bridgehead atoms. The number of aromatic nitrogens is 1. The molecule has 1 heterocycles. The highest BCUT2D eigenvalue weighted by molar-refractivity contribution is 5.27. The van der Waals surface area contributed by atoms with Crippen molar-refractivity contribution in [2.45, 2.75) is 73.1 Å². The molecule has 0 unspecified atom stereocenters. The van der Waals surface area contributed by atoms with Crippen molar-refractivity contribution in [3.63, 3.8) is 0 Å². The molecule has 0 aliphatic rings. The Morgan fingerprint density at radius 2 is 1.06 bits per heavy atom. The van der Waals surface area contributed by atoms with Crippen molar-refractivity contribution in [1.29, 1.82) is 0 Å². The lowest BCUT2D eigenvalue weighted by Gasteiger charge is -2.24. The van der Waals surface area contributed by atoms with Gasteiger partial charge in [-0.05, 0) is 24.6 Å². The van der Waals surface area contributed by atoms with Crippen molar-refractivity contribution in [3.05, 3.63) is 29.1 Å². The van der Waals surface area contributed by atoms with Crippen LogP contribution in [0, 0.1) is 6.92 Å². The molecule has 0 saturated carbocycles. The monoisotopic (exact) mass is 235 g/mol. The van der Waals surface area contributed by atoms with Crippen LogP contribution in [0.2, 0.25) is 0 Å². The molecule has 17 heavy (non-hydrogen) atoms. The fourth-order valence-corrected chi connectivity index (χ4v) is 1.44. The molecule has 1 rings (SSSR count). The summed E-state index contributed by atoms with van der Waals surface area (Å²) in [5, 5.41) is 0. The maximum Gasteiger partial charge on any atom is 0.0463 e. The molecule has 0 radical (unpaired) electrons. The highest BCUT2D eigenvalue weighted by atomic mass is 14.7. The lowest BCUT2D eigenvalue weighted by atomic mass is 9.87. The van der Waals surface area contributed by atoms with E-state index < -0.39 is 0 Å². The van der Waals surface area contributed by atoms with Gasteiger partial charge in [-0.3, -0.25) is 4.98 Å². The van der Waals surface area contributed by atoms with Gasteiger partial charge in [-0.2, -0.15) is 0 Å². The Labute approximate surface area is 108 Å². The van der Waals surface area contributed by atoms with E-state index in [0.717, 1.165) is 0 Å². The summed E-state index contributed by atoms with van der Waals surface area (Å²) in [6.07, 6.45) is 0. The molecule has 1 nitrogen and oxygen atoms in total. The summed E-state index contributed by atoms with van der Waals surface area (Å²) < 4.78 is 0. The van der Waals surface area contributed by atoms with Crippen LogP contribution in [0.15, 0.2) is 12.1 Å². The molecule has 1 aromatic heterocycles. The predicted octanol–water partition coefficient (Wildman–Crippen LogP) is 5.01. The third-order valence-electron chi connectivity index (χ3n) is 2.51. The molecule has 0 N–H and O–H groups in total. The summed E-state index contributed by atoms with van der Waals surface area (Å²) in [4.78, 5) is 4.78. The van der Waals surface area contributed by atoms with Crippen LogP contribution in [0.5, 0.6) is 0 Å². The van der Waals surface area contributed by atoms with Crippen LogP contribution in [-0.4, -0.2) is 4.98 Å². The van der Waals surface area contributed by atoms with Gasteiger partial charge in [-0.1, -0.05) is 55.4 Å². The normalized spacial score (nSPS) is 11.8. The Kier molecular flexibility index (Phi) is 5.38. The van der Waals surface area contributed by atoms with Crippen LogP contribution in [0.3, 0.4) is 0 Å². The average molecular weight is 235 g/mol. The van der Waals surface area contributed by atoms with Crippen LogP contribution in [0.4, 0.5) is 0 Å². The molecule has 0 aliphatic heterocycles. The summed E-state index contributed by atoms with van der Waals surface area (Å²) in [6, 6.07) is 4.38. The second-order valence-corrected chi connectivity index (χ2v) is 6.41. The van der Waals surface area contributed by atoms with Gasteiger partial charge in [-0.15, -0.1) is 0 Å². The molecule has 0 aromatic carbocycles. The third-order valence-corrected chi connectivity index (χ3v) is 2.51. The van der Waals surface area contributed by atoms with Crippen molar-refractivity contribution in [3.8, 4) is 0 Å². The number of hydrogen-bond acceptors (Lipinski definition) is 1. The maximum atomic E-state index is 4.78. The van der Waals surface area contributed by atoms with Crippen LogP contribution < -0.4 is 0 Å². The van der Waals surface area contributed by atoms with Gasteiger partial charge in [0.1, 0.15) is 0 Å². The molecule has 0 amide bonds. The highest BCUT2D eigenvalue weighted by Crippen LogP contribution is 2.26. The van der Waals surface area contributed by atoms with Gasteiger partial charge in [0.25, 0.3) is 0 Å². The smallest absolute Gasteiger partial charge is 0.0463 e. The second-order valence-electron chi connectivity index (χ2n) is 6.41. The largest absolute Gasteiger partial charge is 0.257 e. The zero-order valence-electron chi connectivity index (χ0n) is 13.1. The Balaban J connectivity index is 0.00000121. The standard InChI is InChI=1S/C14H23N.C2H6/c1-10-8-11(13(2,3)4)15-12(9-10)14(5,6)7;1-2/h8-9H,1-7H3;1-2H3. The first-order valence-electron chi connectivity index (χ1n) is 6.60. The summed E-state index contributed by atoms with van der Waals surface area (Å²) in [7, 11) is 0. The van der Waals surface area contributed by atoms with Crippen molar-refractivity contribution in [2.75, 3.05) is 0 Å². The molecule has 98 valence electrons. The van der Waals surface area contributed by atoms with Crippen LogP contribution in [-0.2, 0) is 10.8 Å². The highest BCUT2D eigenvalue weighted by Gasteiger charge is 2.21. The van der Waals surface area contributed by atoms with Gasteiger partial charge in [0.15, 0.2) is 0 Å². The summed E-state index contributed by atoms with van der Waals surface area (Å²) in [5.41, 5.74) is 3.94. The predicted molar refractivity (Wildman–Crippen MR) is 77.7 cm³/mol. The molecule has 0 saturated heterocycles. The van der Waals surface area contributed by atoms with Crippen molar-refractivity contribution in [1.82, 2.24) is 4.98 Å². The molecule has 0 aliphatic carbocycles. The molecule has 1 heteroatoms. The average Bonchev–Trinajstić information content (AvgIpc) is 2.17. The molecular formula is C16H29N. The minimum absolute atomic E-state index is 0.131. The minimum atomic E-state index is 0.131. The van der Waals surface area contributed by atoms with Gasteiger partial charge in [0.2, 0.25) is 0 Å². The summed E-state index contributed by atoms with van der Waals surface area (Å²) in [6.45, 7) is 19.4. The summed E-state index contributed by atoms with van der Waals surface area (Å²) in [5.74, 6) is 0. The van der Waals surface area contributed by atoms with E-state index in [4.69, 9.17) is 4.98 Å². The van der Waals surface area contributed by atoms with Crippen LogP contribution >= 0.6 is 0 Å². The summed E-state index contributed by atoms with van der Waals surface area (Å²) >= 11 is 0. The van der Waals surface area contributed by atoms with E-state index in [9.17, 15) is 0 Å². The number of rotatable bonds is 0. The number of pyridine rings is 1. The second kappa shape index (κ2) is 5.66. The molecule has 0 fully saturated rings. The molecular weight excluding hydrogens is 206 g/mol. The van der Waals surface area contributed by atoms with Crippen molar-refractivity contribution >= 4 is 0 Å². The van der Waals surface area contributed by atoms with Gasteiger partial charge < -0.3 is 0 Å². The Hall–Kier alpha value is -0.850. The van der Waals surface area contributed by atoms with Crippen LogP contribution in [0.25, 0.3) is 0 Å². The van der Waals surface area contributed by atoms with E-state index in [1.54, 1.807) is 0 Å². The fourth-order valence-electron chi connectivity index (χ4n) is 1.44. The Morgan fingerprint density at radius 1 is 0.765 bits per heavy atom. The third kappa shape index (κ3) is 4.89. The Morgan fingerprint density at radius 3 is 1.29 bits per heavy atom. The first kappa shape index (κ1) is 16.1. The van der Waals surface area contributed by atoms with E-state index in [-0.39, 0.29) is 10.8 Å². The zero-order valence-corrected chi connectivity index (χ0v) is 13.1. The van der Waals surface area contributed by atoms with Gasteiger partial charge >= 0.3 is 0 Å². The minimum Gasteiger partial charge on any atom is -0.257 e. The fraction of sp³-hybridized carbons (Fsp3) is 0.688. The van der Waals surface area contributed by atoms with E-state index >= 15 is 0 Å². The van der Waals surface area contributed by atoms with E-state index in [1.807, 2.05) is 13.8 Å². The molecule has 0 spiro atoms. The van der Waals surface area contributed by atoms with Crippen molar-refractivity contribution < 1.29 is 0 Å². The maximum absolute atomic E-state index is 4.78. The topological polar surface area (TPSA) is 12.9 Å². The number of aryl methyl sites for hydroxylation is 1. The SMILES string of the molecule is CC.Cc1cc(C(C)(C)C)nc(C(C)(C)C)c1. The molecule has 0 atom stereocenters. The van der Waals surface area contributed by atoms with E-state index in [2.05, 4.69) is 60.6 Å². The van der Waals surface area contributed by atoms with Gasteiger partial charge in [-0.25, -0.2) is 0 Å². The lowest BCUT2D eigenvalue weighted by Crippen LogP contribution is -2.20. The molecule has 1 aromatic rings.